The summed E-state index contributed by atoms with van der Waals surface area (Å²) in [6.07, 6.45) is 6.56. The van der Waals surface area contributed by atoms with Gasteiger partial charge in [0.05, 0.1) is 6.10 Å². The molecule has 0 saturated heterocycles. The largest absolute Gasteiger partial charge is 0.393 e. The highest BCUT2D eigenvalue weighted by molar-refractivity contribution is 4.94. The summed E-state index contributed by atoms with van der Waals surface area (Å²) < 4.78 is 0. The normalized spacial score (nSPS) is 34.7. The molecule has 0 aromatic carbocycles. The molecule has 0 radical (unpaired) electrons. The van der Waals surface area contributed by atoms with Crippen molar-refractivity contribution in [3.63, 3.8) is 0 Å². The third-order valence-electron chi connectivity index (χ3n) is 4.00. The molecule has 84 valence electrons. The van der Waals surface area contributed by atoms with E-state index in [0.29, 0.717) is 6.54 Å². The Bertz CT molecular complexity index is 172. The van der Waals surface area contributed by atoms with Crippen molar-refractivity contribution in [1.29, 1.82) is 0 Å². The van der Waals surface area contributed by atoms with E-state index in [2.05, 4.69) is 13.8 Å². The summed E-state index contributed by atoms with van der Waals surface area (Å²) in [5.74, 6) is 0.796. The lowest BCUT2D eigenvalue weighted by atomic mass is 9.77. The summed E-state index contributed by atoms with van der Waals surface area (Å²) in [5, 5.41) is 10.1. The molecule has 2 heteroatoms. The van der Waals surface area contributed by atoms with Gasteiger partial charge in [0.1, 0.15) is 0 Å². The third-order valence-corrected chi connectivity index (χ3v) is 4.00. The molecule has 1 rings (SSSR count). The van der Waals surface area contributed by atoms with Crippen LogP contribution in [0.5, 0.6) is 0 Å². The van der Waals surface area contributed by atoms with Crippen LogP contribution in [0.3, 0.4) is 0 Å². The van der Waals surface area contributed by atoms with Crippen molar-refractivity contribution in [3.8, 4) is 0 Å². The molecule has 3 unspecified atom stereocenters. The van der Waals surface area contributed by atoms with Gasteiger partial charge in [0.15, 0.2) is 0 Å². The minimum Gasteiger partial charge on any atom is -0.393 e. The Balaban J connectivity index is 2.59. The van der Waals surface area contributed by atoms with Gasteiger partial charge in [-0.05, 0) is 31.6 Å². The highest BCUT2D eigenvalue weighted by Crippen LogP contribution is 2.45. The van der Waals surface area contributed by atoms with Crippen LogP contribution in [-0.2, 0) is 0 Å². The molecule has 3 N–H and O–H groups in total. The lowest BCUT2D eigenvalue weighted by Crippen LogP contribution is -2.39. The molecule has 0 aliphatic heterocycles. The predicted octanol–water partition coefficient (Wildman–Crippen LogP) is 2.30. The first-order valence-corrected chi connectivity index (χ1v) is 6.06. The van der Waals surface area contributed by atoms with Crippen LogP contribution in [-0.4, -0.2) is 17.8 Å². The van der Waals surface area contributed by atoms with Crippen molar-refractivity contribution in [2.24, 2.45) is 17.1 Å². The first kappa shape index (κ1) is 12.0. The van der Waals surface area contributed by atoms with E-state index in [-0.39, 0.29) is 11.5 Å². The van der Waals surface area contributed by atoms with E-state index >= 15 is 0 Å². The summed E-state index contributed by atoms with van der Waals surface area (Å²) in [6.45, 7) is 5.02. The topological polar surface area (TPSA) is 46.2 Å². The Morgan fingerprint density at radius 3 is 2.64 bits per heavy atom. The minimum absolute atomic E-state index is 0.0523. The van der Waals surface area contributed by atoms with Gasteiger partial charge in [0.25, 0.3) is 0 Å². The van der Waals surface area contributed by atoms with Crippen LogP contribution in [0.1, 0.15) is 52.4 Å². The summed E-state index contributed by atoms with van der Waals surface area (Å²) in [6, 6.07) is 0. The lowest BCUT2D eigenvalue weighted by molar-refractivity contribution is 0.0246. The average molecular weight is 199 g/mol. The fraction of sp³-hybridized carbons (Fsp3) is 1.00. The van der Waals surface area contributed by atoms with Crippen molar-refractivity contribution in [3.05, 3.63) is 0 Å². The Morgan fingerprint density at radius 2 is 2.21 bits per heavy atom. The molecule has 1 saturated carbocycles. The van der Waals surface area contributed by atoms with Crippen molar-refractivity contribution >= 4 is 0 Å². The number of hydrogen-bond acceptors (Lipinski definition) is 2. The number of rotatable bonds is 5. The van der Waals surface area contributed by atoms with E-state index in [0.717, 1.165) is 31.6 Å². The maximum Gasteiger partial charge on any atom is 0.0608 e. The van der Waals surface area contributed by atoms with Crippen LogP contribution < -0.4 is 5.73 Å². The minimum atomic E-state index is -0.172. The van der Waals surface area contributed by atoms with Gasteiger partial charge in [0.2, 0.25) is 0 Å². The Morgan fingerprint density at radius 1 is 1.50 bits per heavy atom. The number of aliphatic hydroxyl groups excluding tert-OH is 1. The molecule has 1 aliphatic rings. The van der Waals surface area contributed by atoms with Gasteiger partial charge in [-0.2, -0.15) is 0 Å². The molecule has 1 fully saturated rings. The van der Waals surface area contributed by atoms with Gasteiger partial charge < -0.3 is 10.8 Å². The molecular weight excluding hydrogens is 174 g/mol. The van der Waals surface area contributed by atoms with Crippen LogP contribution in [0.15, 0.2) is 0 Å². The van der Waals surface area contributed by atoms with Gasteiger partial charge in [0, 0.05) is 12.0 Å². The molecule has 0 spiro atoms. The monoisotopic (exact) mass is 199 g/mol. The second-order valence-corrected chi connectivity index (χ2v) is 4.89. The average Bonchev–Trinajstić information content (AvgIpc) is 2.63. The SMILES string of the molecule is CCCC(O)C1(CN)CCC(CC)C1. The molecule has 0 amide bonds. The molecule has 0 aromatic rings. The van der Waals surface area contributed by atoms with E-state index in [1.807, 2.05) is 0 Å². The highest BCUT2D eigenvalue weighted by atomic mass is 16.3. The zero-order valence-corrected chi connectivity index (χ0v) is 9.63. The van der Waals surface area contributed by atoms with Gasteiger partial charge in [-0.25, -0.2) is 0 Å². The van der Waals surface area contributed by atoms with Gasteiger partial charge in [-0.1, -0.05) is 26.7 Å². The van der Waals surface area contributed by atoms with E-state index in [4.69, 9.17) is 5.73 Å². The number of nitrogens with two attached hydrogens (primary N) is 1. The van der Waals surface area contributed by atoms with Gasteiger partial charge >= 0.3 is 0 Å². The molecule has 1 aliphatic carbocycles. The number of aliphatic hydroxyl groups is 1. The Hall–Kier alpha value is -0.0800. The van der Waals surface area contributed by atoms with E-state index < -0.39 is 0 Å². The maximum absolute atomic E-state index is 10.1. The van der Waals surface area contributed by atoms with Crippen LogP contribution in [0.25, 0.3) is 0 Å². The summed E-state index contributed by atoms with van der Waals surface area (Å²) >= 11 is 0. The summed E-state index contributed by atoms with van der Waals surface area (Å²) in [5.41, 5.74) is 5.91. The lowest BCUT2D eigenvalue weighted by Gasteiger charge is -2.33. The predicted molar refractivity (Wildman–Crippen MR) is 60.0 cm³/mol. The van der Waals surface area contributed by atoms with Crippen molar-refractivity contribution in [1.82, 2.24) is 0 Å². The van der Waals surface area contributed by atoms with Crippen molar-refractivity contribution in [2.75, 3.05) is 6.54 Å². The van der Waals surface area contributed by atoms with Crippen LogP contribution in [0.4, 0.5) is 0 Å². The first-order valence-electron chi connectivity index (χ1n) is 6.06. The van der Waals surface area contributed by atoms with E-state index in [1.165, 1.54) is 12.8 Å². The quantitative estimate of drug-likeness (QED) is 0.713. The smallest absolute Gasteiger partial charge is 0.0608 e. The van der Waals surface area contributed by atoms with Gasteiger partial charge in [-0.3, -0.25) is 0 Å². The molecular formula is C12H25NO. The molecule has 3 atom stereocenters. The number of hydrogen-bond donors (Lipinski definition) is 2. The second kappa shape index (κ2) is 5.13. The molecule has 2 nitrogen and oxygen atoms in total. The van der Waals surface area contributed by atoms with Crippen molar-refractivity contribution < 1.29 is 5.11 Å². The first-order chi connectivity index (χ1) is 6.68. The highest BCUT2D eigenvalue weighted by Gasteiger charge is 2.42. The van der Waals surface area contributed by atoms with Gasteiger partial charge in [-0.15, -0.1) is 0 Å². The van der Waals surface area contributed by atoms with Crippen molar-refractivity contribution in [2.45, 2.75) is 58.5 Å². The molecule has 0 heterocycles. The fourth-order valence-electron chi connectivity index (χ4n) is 2.82. The van der Waals surface area contributed by atoms with Crippen LogP contribution >= 0.6 is 0 Å². The summed E-state index contributed by atoms with van der Waals surface area (Å²) in [4.78, 5) is 0. The van der Waals surface area contributed by atoms with Crippen LogP contribution in [0, 0.1) is 11.3 Å². The molecule has 0 bridgehead atoms. The second-order valence-electron chi connectivity index (χ2n) is 4.89. The molecule has 14 heavy (non-hydrogen) atoms. The zero-order valence-electron chi connectivity index (χ0n) is 9.63. The maximum atomic E-state index is 10.1. The Labute approximate surface area is 87.9 Å². The third kappa shape index (κ3) is 2.29. The fourth-order valence-corrected chi connectivity index (χ4v) is 2.82. The molecule has 0 aromatic heterocycles. The zero-order chi connectivity index (χ0) is 10.6. The standard InChI is InChI=1S/C12H25NO/c1-3-5-11(14)12(9-13)7-6-10(4-2)8-12/h10-11,14H,3-9,13H2,1-2H3. The van der Waals surface area contributed by atoms with E-state index in [1.54, 1.807) is 0 Å². The van der Waals surface area contributed by atoms with Crippen LogP contribution in [0.2, 0.25) is 0 Å². The Kier molecular flexibility index (Phi) is 4.39. The van der Waals surface area contributed by atoms with E-state index in [9.17, 15) is 5.11 Å². The summed E-state index contributed by atoms with van der Waals surface area (Å²) in [7, 11) is 0.